The Bertz CT molecular complexity index is 554. The van der Waals surface area contributed by atoms with Crippen molar-refractivity contribution < 1.29 is 0 Å². The van der Waals surface area contributed by atoms with Crippen molar-refractivity contribution in [3.8, 4) is 0 Å². The van der Waals surface area contributed by atoms with Gasteiger partial charge in [0, 0.05) is 30.9 Å². The molecule has 0 saturated carbocycles. The highest BCUT2D eigenvalue weighted by Crippen LogP contribution is 2.20. The van der Waals surface area contributed by atoms with Gasteiger partial charge in [0.05, 0.1) is 12.2 Å². The Hall–Kier alpha value is -1.62. The van der Waals surface area contributed by atoms with Crippen LogP contribution in [0.4, 0.5) is 5.82 Å². The van der Waals surface area contributed by atoms with Crippen LogP contribution in [0, 0.1) is 0 Å². The maximum atomic E-state index is 4.61. The zero-order valence-corrected chi connectivity index (χ0v) is 11.1. The minimum atomic E-state index is 0.425. The summed E-state index contributed by atoms with van der Waals surface area (Å²) >= 11 is 0. The summed E-state index contributed by atoms with van der Waals surface area (Å²) in [6.07, 6.45) is 1.80. The van der Waals surface area contributed by atoms with E-state index >= 15 is 0 Å². The Kier molecular flexibility index (Phi) is 2.70. The van der Waals surface area contributed by atoms with E-state index < -0.39 is 0 Å². The van der Waals surface area contributed by atoms with Crippen LogP contribution < -0.4 is 5.32 Å². The van der Waals surface area contributed by atoms with Crippen molar-refractivity contribution in [1.29, 1.82) is 0 Å². The Morgan fingerprint density at radius 2 is 2.17 bits per heavy atom. The number of anilines is 1. The van der Waals surface area contributed by atoms with E-state index in [-0.39, 0.29) is 0 Å². The van der Waals surface area contributed by atoms with Crippen molar-refractivity contribution >= 4 is 11.5 Å². The molecule has 1 aliphatic heterocycles. The minimum Gasteiger partial charge on any atom is -0.365 e. The largest absolute Gasteiger partial charge is 0.365 e. The molecular formula is C13H19N5. The van der Waals surface area contributed by atoms with E-state index in [1.165, 1.54) is 0 Å². The smallest absolute Gasteiger partial charge is 0.157 e. The van der Waals surface area contributed by atoms with Gasteiger partial charge >= 0.3 is 0 Å². The first kappa shape index (κ1) is 11.5. The summed E-state index contributed by atoms with van der Waals surface area (Å²) in [5.41, 5.74) is 2.02. The van der Waals surface area contributed by atoms with Crippen LogP contribution in [-0.2, 0) is 0 Å². The summed E-state index contributed by atoms with van der Waals surface area (Å²) in [4.78, 5) is 6.91. The van der Waals surface area contributed by atoms with Crippen LogP contribution in [-0.4, -0.2) is 45.7 Å². The molecule has 1 aliphatic rings. The first-order valence-corrected chi connectivity index (χ1v) is 6.43. The number of hydrogen-bond donors (Lipinski definition) is 1. The van der Waals surface area contributed by atoms with Crippen molar-refractivity contribution in [2.45, 2.75) is 25.8 Å². The molecule has 3 heterocycles. The normalized spacial score (nSPS) is 17.3. The summed E-state index contributed by atoms with van der Waals surface area (Å²) in [6, 6.07) is 4.58. The second-order valence-electron chi connectivity index (χ2n) is 5.38. The predicted molar refractivity (Wildman–Crippen MR) is 72.0 cm³/mol. The molecule has 1 saturated heterocycles. The number of fused-ring (bicyclic) bond motifs is 1. The number of likely N-dealkylation sites (tertiary alicyclic amines) is 1. The molecule has 0 radical (unpaired) electrons. The van der Waals surface area contributed by atoms with Gasteiger partial charge in [0.2, 0.25) is 0 Å². The van der Waals surface area contributed by atoms with Gasteiger partial charge in [-0.05, 0) is 13.0 Å². The monoisotopic (exact) mass is 245 g/mol. The van der Waals surface area contributed by atoms with E-state index in [1.807, 2.05) is 10.6 Å². The fourth-order valence-electron chi connectivity index (χ4n) is 2.33. The summed E-state index contributed by atoms with van der Waals surface area (Å²) in [6.45, 7) is 6.50. The Morgan fingerprint density at radius 1 is 1.39 bits per heavy atom. The Morgan fingerprint density at radius 3 is 2.83 bits per heavy atom. The lowest BCUT2D eigenvalue weighted by atomic mass is 10.1. The third kappa shape index (κ3) is 1.95. The SMILES string of the molecule is CC(C)c1cc(NC2CN(C)C2)n2nccc2n1. The standard InChI is InChI=1S/C13H19N5/c1-9(2)11-6-13(15-10-7-17(3)8-10)18-12(16-11)4-5-14-18/h4-6,9-10,15H,7-8H2,1-3H3. The van der Waals surface area contributed by atoms with Crippen LogP contribution in [0.5, 0.6) is 0 Å². The number of rotatable bonds is 3. The van der Waals surface area contributed by atoms with Crippen molar-refractivity contribution in [3.63, 3.8) is 0 Å². The molecule has 2 aromatic heterocycles. The molecule has 96 valence electrons. The lowest BCUT2D eigenvalue weighted by molar-refractivity contribution is 0.204. The number of nitrogens with one attached hydrogen (secondary N) is 1. The highest BCUT2D eigenvalue weighted by molar-refractivity contribution is 5.50. The van der Waals surface area contributed by atoms with Crippen molar-refractivity contribution in [3.05, 3.63) is 24.0 Å². The molecule has 0 spiro atoms. The Labute approximate surface area is 107 Å². The van der Waals surface area contributed by atoms with Crippen molar-refractivity contribution in [2.75, 3.05) is 25.5 Å². The molecule has 0 amide bonds. The van der Waals surface area contributed by atoms with Gasteiger partial charge in [-0.25, -0.2) is 4.98 Å². The molecule has 2 aromatic rings. The minimum absolute atomic E-state index is 0.425. The van der Waals surface area contributed by atoms with E-state index in [0.717, 1.165) is 30.2 Å². The third-order valence-electron chi connectivity index (χ3n) is 3.39. The van der Waals surface area contributed by atoms with Gasteiger partial charge in [-0.2, -0.15) is 9.61 Å². The van der Waals surface area contributed by atoms with Gasteiger partial charge < -0.3 is 10.2 Å². The Balaban J connectivity index is 1.95. The number of aromatic nitrogens is 3. The van der Waals surface area contributed by atoms with Gasteiger partial charge in [0.1, 0.15) is 5.82 Å². The highest BCUT2D eigenvalue weighted by Gasteiger charge is 2.24. The summed E-state index contributed by atoms with van der Waals surface area (Å²) in [5.74, 6) is 1.47. The quantitative estimate of drug-likeness (QED) is 0.891. The van der Waals surface area contributed by atoms with Gasteiger partial charge in [0.15, 0.2) is 5.65 Å². The molecule has 5 nitrogen and oxygen atoms in total. The number of likely N-dealkylation sites (N-methyl/N-ethyl adjacent to an activating group) is 1. The second kappa shape index (κ2) is 4.24. The predicted octanol–water partition coefficient (Wildman–Crippen LogP) is 1.58. The van der Waals surface area contributed by atoms with E-state index in [9.17, 15) is 0 Å². The molecule has 18 heavy (non-hydrogen) atoms. The average Bonchev–Trinajstić information content (AvgIpc) is 2.74. The summed E-state index contributed by atoms with van der Waals surface area (Å²) < 4.78 is 1.88. The molecule has 1 N–H and O–H groups in total. The third-order valence-corrected chi connectivity index (χ3v) is 3.39. The fraction of sp³-hybridized carbons (Fsp3) is 0.538. The fourth-order valence-corrected chi connectivity index (χ4v) is 2.33. The molecule has 0 unspecified atom stereocenters. The molecule has 0 aliphatic carbocycles. The lowest BCUT2D eigenvalue weighted by Gasteiger charge is -2.37. The summed E-state index contributed by atoms with van der Waals surface area (Å²) in [5, 5.41) is 7.88. The lowest BCUT2D eigenvalue weighted by Crippen LogP contribution is -2.52. The first-order valence-electron chi connectivity index (χ1n) is 6.43. The summed E-state index contributed by atoms with van der Waals surface area (Å²) in [7, 11) is 2.13. The van der Waals surface area contributed by atoms with Crippen LogP contribution in [0.3, 0.4) is 0 Å². The highest BCUT2D eigenvalue weighted by atomic mass is 15.3. The number of nitrogens with zero attached hydrogens (tertiary/aromatic N) is 4. The zero-order valence-electron chi connectivity index (χ0n) is 11.1. The van der Waals surface area contributed by atoms with Gasteiger partial charge in [-0.1, -0.05) is 13.8 Å². The molecular weight excluding hydrogens is 226 g/mol. The molecule has 1 fully saturated rings. The van der Waals surface area contributed by atoms with E-state index in [1.54, 1.807) is 6.20 Å². The van der Waals surface area contributed by atoms with Crippen LogP contribution in [0.25, 0.3) is 5.65 Å². The molecule has 0 bridgehead atoms. The molecule has 3 rings (SSSR count). The maximum Gasteiger partial charge on any atom is 0.157 e. The molecule has 0 aromatic carbocycles. The van der Waals surface area contributed by atoms with Crippen LogP contribution in [0.1, 0.15) is 25.5 Å². The van der Waals surface area contributed by atoms with E-state index in [0.29, 0.717) is 12.0 Å². The van der Waals surface area contributed by atoms with Gasteiger partial charge in [-0.3, -0.25) is 0 Å². The van der Waals surface area contributed by atoms with Gasteiger partial charge in [0.25, 0.3) is 0 Å². The molecule has 0 atom stereocenters. The first-order chi connectivity index (χ1) is 8.63. The average molecular weight is 245 g/mol. The topological polar surface area (TPSA) is 45.5 Å². The van der Waals surface area contributed by atoms with E-state index in [4.69, 9.17) is 0 Å². The van der Waals surface area contributed by atoms with Crippen molar-refractivity contribution in [1.82, 2.24) is 19.5 Å². The van der Waals surface area contributed by atoms with Gasteiger partial charge in [-0.15, -0.1) is 0 Å². The van der Waals surface area contributed by atoms with Crippen LogP contribution in [0.15, 0.2) is 18.3 Å². The van der Waals surface area contributed by atoms with E-state index in [2.05, 4.69) is 47.3 Å². The zero-order chi connectivity index (χ0) is 12.7. The molecule has 5 heteroatoms. The maximum absolute atomic E-state index is 4.61. The van der Waals surface area contributed by atoms with Crippen molar-refractivity contribution in [2.24, 2.45) is 0 Å². The van der Waals surface area contributed by atoms with Crippen LogP contribution >= 0.6 is 0 Å². The van der Waals surface area contributed by atoms with Crippen LogP contribution in [0.2, 0.25) is 0 Å². The second-order valence-corrected chi connectivity index (χ2v) is 5.38. The number of hydrogen-bond acceptors (Lipinski definition) is 4.